The average molecular weight is 466 g/mol. The van der Waals surface area contributed by atoms with Crippen LogP contribution in [0.15, 0.2) is 24.4 Å². The Bertz CT molecular complexity index is 1130. The summed E-state index contributed by atoms with van der Waals surface area (Å²) in [6.07, 6.45) is 6.52. The molecule has 8 heteroatoms. The van der Waals surface area contributed by atoms with Crippen LogP contribution in [0.4, 0.5) is 23.3 Å². The van der Waals surface area contributed by atoms with Crippen LogP contribution in [-0.2, 0) is 0 Å². The molecule has 1 saturated heterocycles. The monoisotopic (exact) mass is 465 g/mol. The van der Waals surface area contributed by atoms with Gasteiger partial charge in [0.2, 0.25) is 5.95 Å². The standard InChI is InChI=1S/C25H32ClN7/c1-4-33-9-7-17(8-10-33)19-11-16(3)21(12-15(19)2)28-25-27-14-20(26)24(30-25)29-23-13-22(31-32-23)18-5-6-18/h11-14,17-18H,4-10H2,1-3H3,(H3,27,28,29,30,31,32). The lowest BCUT2D eigenvalue weighted by molar-refractivity contribution is 0.222. The number of anilines is 4. The number of aromatic amines is 1. The van der Waals surface area contributed by atoms with Crippen molar-refractivity contribution < 1.29 is 0 Å². The number of hydrogen-bond acceptors (Lipinski definition) is 6. The van der Waals surface area contributed by atoms with Crippen LogP contribution in [0, 0.1) is 13.8 Å². The van der Waals surface area contributed by atoms with E-state index in [-0.39, 0.29) is 0 Å². The Kier molecular flexibility index (Phi) is 6.25. The molecule has 1 aliphatic carbocycles. The van der Waals surface area contributed by atoms with Crippen molar-refractivity contribution >= 4 is 34.9 Å². The van der Waals surface area contributed by atoms with Crippen LogP contribution in [-0.4, -0.2) is 44.7 Å². The molecular formula is C25H32ClN7. The minimum absolute atomic E-state index is 0.457. The summed E-state index contributed by atoms with van der Waals surface area (Å²) in [7, 11) is 0. The van der Waals surface area contributed by atoms with Gasteiger partial charge in [0.25, 0.3) is 0 Å². The lowest BCUT2D eigenvalue weighted by atomic mass is 9.85. The van der Waals surface area contributed by atoms with Crippen molar-refractivity contribution in [3.63, 3.8) is 0 Å². The molecule has 0 atom stereocenters. The van der Waals surface area contributed by atoms with Crippen LogP contribution in [0.1, 0.15) is 66.8 Å². The second kappa shape index (κ2) is 9.31. The third-order valence-electron chi connectivity index (χ3n) is 6.94. The Morgan fingerprint density at radius 1 is 1.03 bits per heavy atom. The van der Waals surface area contributed by atoms with E-state index in [1.807, 2.05) is 6.07 Å². The Hall–Kier alpha value is -2.64. The fourth-order valence-corrected chi connectivity index (χ4v) is 4.87. The van der Waals surface area contributed by atoms with E-state index in [0.29, 0.717) is 34.4 Å². The second-order valence-corrected chi connectivity index (χ2v) is 9.76. The first-order valence-electron chi connectivity index (χ1n) is 12.0. The average Bonchev–Trinajstić information content (AvgIpc) is 3.57. The summed E-state index contributed by atoms with van der Waals surface area (Å²) in [5, 5.41) is 14.5. The number of aryl methyl sites for hydroxylation is 2. The van der Waals surface area contributed by atoms with Crippen LogP contribution in [0.3, 0.4) is 0 Å². The van der Waals surface area contributed by atoms with Crippen molar-refractivity contribution in [1.29, 1.82) is 0 Å². The number of nitrogens with one attached hydrogen (secondary N) is 3. The predicted molar refractivity (Wildman–Crippen MR) is 134 cm³/mol. The molecule has 7 nitrogen and oxygen atoms in total. The Labute approximate surface area is 200 Å². The molecule has 2 fully saturated rings. The van der Waals surface area contributed by atoms with Crippen LogP contribution < -0.4 is 10.6 Å². The molecule has 2 aromatic heterocycles. The van der Waals surface area contributed by atoms with E-state index in [2.05, 4.69) is 68.6 Å². The lowest BCUT2D eigenvalue weighted by Crippen LogP contribution is -2.32. The molecule has 0 radical (unpaired) electrons. The van der Waals surface area contributed by atoms with Crippen molar-refractivity contribution in [1.82, 2.24) is 25.1 Å². The molecule has 3 aromatic rings. The van der Waals surface area contributed by atoms with E-state index in [4.69, 9.17) is 11.6 Å². The maximum atomic E-state index is 6.36. The highest BCUT2D eigenvalue weighted by Gasteiger charge is 2.26. The van der Waals surface area contributed by atoms with Crippen molar-refractivity contribution in [2.75, 3.05) is 30.3 Å². The maximum absolute atomic E-state index is 6.36. The Balaban J connectivity index is 1.31. The van der Waals surface area contributed by atoms with Gasteiger partial charge in [-0.05, 0) is 87.8 Å². The third kappa shape index (κ3) is 4.99. The molecule has 3 heterocycles. The van der Waals surface area contributed by atoms with Gasteiger partial charge in [0, 0.05) is 23.4 Å². The van der Waals surface area contributed by atoms with Gasteiger partial charge in [0.1, 0.15) is 5.02 Å². The molecule has 0 bridgehead atoms. The summed E-state index contributed by atoms with van der Waals surface area (Å²) < 4.78 is 0. The Morgan fingerprint density at radius 3 is 2.55 bits per heavy atom. The van der Waals surface area contributed by atoms with Gasteiger partial charge >= 0.3 is 0 Å². The number of halogens is 1. The molecule has 174 valence electrons. The minimum Gasteiger partial charge on any atom is -0.324 e. The van der Waals surface area contributed by atoms with Gasteiger partial charge in [-0.2, -0.15) is 10.1 Å². The van der Waals surface area contributed by atoms with Gasteiger partial charge in [-0.25, -0.2) is 4.98 Å². The lowest BCUT2D eigenvalue weighted by Gasteiger charge is -2.32. The number of likely N-dealkylation sites (tertiary alicyclic amines) is 1. The van der Waals surface area contributed by atoms with Crippen LogP contribution in [0.25, 0.3) is 0 Å². The number of hydrogen-bond donors (Lipinski definition) is 3. The highest BCUT2D eigenvalue weighted by Crippen LogP contribution is 2.40. The highest BCUT2D eigenvalue weighted by atomic mass is 35.5. The SMILES string of the molecule is CCN1CCC(c2cc(C)c(Nc3ncc(Cl)c(Nc4cc(C5CC5)[nH]n4)n3)cc2C)CC1. The second-order valence-electron chi connectivity index (χ2n) is 9.36. The van der Waals surface area contributed by atoms with Crippen molar-refractivity contribution in [3.8, 4) is 0 Å². The number of H-pyrrole nitrogens is 1. The van der Waals surface area contributed by atoms with Crippen molar-refractivity contribution in [2.45, 2.75) is 58.3 Å². The molecule has 0 amide bonds. The topological polar surface area (TPSA) is 81.8 Å². The number of aromatic nitrogens is 4. The molecule has 2 aliphatic rings. The number of benzene rings is 1. The van der Waals surface area contributed by atoms with E-state index in [1.165, 1.54) is 55.5 Å². The van der Waals surface area contributed by atoms with Crippen molar-refractivity contribution in [3.05, 3.63) is 51.8 Å². The predicted octanol–water partition coefficient (Wildman–Crippen LogP) is 6.03. The van der Waals surface area contributed by atoms with E-state index < -0.39 is 0 Å². The van der Waals surface area contributed by atoms with E-state index >= 15 is 0 Å². The van der Waals surface area contributed by atoms with Gasteiger partial charge < -0.3 is 15.5 Å². The number of rotatable bonds is 7. The van der Waals surface area contributed by atoms with Crippen molar-refractivity contribution in [2.24, 2.45) is 0 Å². The zero-order valence-electron chi connectivity index (χ0n) is 19.6. The van der Waals surface area contributed by atoms with E-state index in [9.17, 15) is 0 Å². The molecule has 5 rings (SSSR count). The van der Waals surface area contributed by atoms with Gasteiger partial charge in [0.05, 0.1) is 6.20 Å². The first kappa shape index (κ1) is 22.2. The summed E-state index contributed by atoms with van der Waals surface area (Å²) in [5.41, 5.74) is 6.16. The zero-order chi connectivity index (χ0) is 22.9. The molecule has 0 unspecified atom stereocenters. The number of piperidine rings is 1. The van der Waals surface area contributed by atoms with Gasteiger partial charge in [-0.3, -0.25) is 5.10 Å². The molecule has 1 aliphatic heterocycles. The van der Waals surface area contributed by atoms with Crippen LogP contribution in [0.2, 0.25) is 5.02 Å². The summed E-state index contributed by atoms with van der Waals surface area (Å²) in [4.78, 5) is 11.5. The molecule has 0 spiro atoms. The third-order valence-corrected chi connectivity index (χ3v) is 7.22. The smallest absolute Gasteiger partial charge is 0.229 e. The summed E-state index contributed by atoms with van der Waals surface area (Å²) in [6.45, 7) is 10.1. The van der Waals surface area contributed by atoms with Crippen LogP contribution >= 0.6 is 11.6 Å². The molecule has 33 heavy (non-hydrogen) atoms. The fraction of sp³-hybridized carbons (Fsp3) is 0.480. The zero-order valence-corrected chi connectivity index (χ0v) is 20.3. The molecule has 3 N–H and O–H groups in total. The quantitative estimate of drug-likeness (QED) is 0.395. The van der Waals surface area contributed by atoms with E-state index in [1.54, 1.807) is 6.20 Å². The molecule has 1 aromatic carbocycles. The maximum Gasteiger partial charge on any atom is 0.229 e. The van der Waals surface area contributed by atoms with Gasteiger partial charge in [-0.15, -0.1) is 0 Å². The molecule has 1 saturated carbocycles. The molecular weight excluding hydrogens is 434 g/mol. The first-order valence-corrected chi connectivity index (χ1v) is 12.3. The fourth-order valence-electron chi connectivity index (χ4n) is 4.73. The van der Waals surface area contributed by atoms with Gasteiger partial charge in [-0.1, -0.05) is 24.6 Å². The minimum atomic E-state index is 0.457. The van der Waals surface area contributed by atoms with Gasteiger partial charge in [0.15, 0.2) is 11.6 Å². The summed E-state index contributed by atoms with van der Waals surface area (Å²) in [5.74, 6) is 3.01. The van der Waals surface area contributed by atoms with E-state index in [0.717, 1.165) is 17.9 Å². The largest absolute Gasteiger partial charge is 0.324 e. The van der Waals surface area contributed by atoms with Crippen LogP contribution in [0.5, 0.6) is 0 Å². The normalized spacial score (nSPS) is 17.3. The highest BCUT2D eigenvalue weighted by molar-refractivity contribution is 6.32. The summed E-state index contributed by atoms with van der Waals surface area (Å²) >= 11 is 6.36. The summed E-state index contributed by atoms with van der Waals surface area (Å²) in [6, 6.07) is 6.58. The first-order chi connectivity index (χ1) is 16.0. The number of nitrogens with zero attached hydrogens (tertiary/aromatic N) is 4. The Morgan fingerprint density at radius 2 is 1.82 bits per heavy atom.